The average molecular weight is 307 g/mol. The SMILES string of the molecule is CC(=O)c1cccc(S(=O)(=O)NCC(C2CC2)C2CC2)c1. The molecule has 1 aromatic rings. The standard InChI is InChI=1S/C16H21NO3S/c1-11(18)14-3-2-4-15(9-14)21(19,20)17-10-16(12-5-6-12)13-7-8-13/h2-4,9,12-13,16-17H,5-8,10H2,1H3. The summed E-state index contributed by atoms with van der Waals surface area (Å²) in [7, 11) is -3.53. The molecule has 1 N–H and O–H groups in total. The van der Waals surface area contributed by atoms with E-state index in [1.54, 1.807) is 12.1 Å². The van der Waals surface area contributed by atoms with Crippen LogP contribution in [0.1, 0.15) is 43.0 Å². The van der Waals surface area contributed by atoms with E-state index in [2.05, 4.69) is 4.72 Å². The molecule has 2 aliphatic carbocycles. The van der Waals surface area contributed by atoms with Crippen molar-refractivity contribution in [3.63, 3.8) is 0 Å². The van der Waals surface area contributed by atoms with Gasteiger partial charge in [-0.15, -0.1) is 0 Å². The summed E-state index contributed by atoms with van der Waals surface area (Å²) >= 11 is 0. The molecule has 0 saturated heterocycles. The predicted octanol–water partition coefficient (Wildman–Crippen LogP) is 2.60. The van der Waals surface area contributed by atoms with E-state index in [-0.39, 0.29) is 10.7 Å². The molecule has 2 saturated carbocycles. The molecule has 3 rings (SSSR count). The van der Waals surface area contributed by atoms with Gasteiger partial charge in [0.15, 0.2) is 5.78 Å². The van der Waals surface area contributed by atoms with Crippen LogP contribution < -0.4 is 4.72 Å². The Bertz CT molecular complexity index is 633. The van der Waals surface area contributed by atoms with E-state index >= 15 is 0 Å². The first kappa shape index (κ1) is 14.7. The fraction of sp³-hybridized carbons (Fsp3) is 0.562. The van der Waals surface area contributed by atoms with Crippen LogP contribution in [-0.4, -0.2) is 20.7 Å². The van der Waals surface area contributed by atoms with Crippen LogP contribution in [0.3, 0.4) is 0 Å². The summed E-state index contributed by atoms with van der Waals surface area (Å²) in [5, 5.41) is 0. The fourth-order valence-electron chi connectivity index (χ4n) is 2.94. The van der Waals surface area contributed by atoms with Gasteiger partial charge < -0.3 is 0 Å². The molecule has 0 radical (unpaired) electrons. The molecule has 0 atom stereocenters. The fourth-order valence-corrected chi connectivity index (χ4v) is 4.06. The van der Waals surface area contributed by atoms with Crippen molar-refractivity contribution in [3.05, 3.63) is 29.8 Å². The third kappa shape index (κ3) is 3.52. The van der Waals surface area contributed by atoms with Gasteiger partial charge in [-0.2, -0.15) is 0 Å². The number of hydrogen-bond donors (Lipinski definition) is 1. The predicted molar refractivity (Wildman–Crippen MR) is 80.6 cm³/mol. The largest absolute Gasteiger partial charge is 0.295 e. The molecule has 4 nitrogen and oxygen atoms in total. The number of rotatable bonds is 7. The van der Waals surface area contributed by atoms with Gasteiger partial charge in [0.2, 0.25) is 10.0 Å². The van der Waals surface area contributed by atoms with E-state index in [1.807, 2.05) is 0 Å². The van der Waals surface area contributed by atoms with Gasteiger partial charge in [-0.3, -0.25) is 4.79 Å². The monoisotopic (exact) mass is 307 g/mol. The molecule has 2 fully saturated rings. The van der Waals surface area contributed by atoms with Crippen molar-refractivity contribution in [2.75, 3.05) is 6.54 Å². The maximum absolute atomic E-state index is 12.4. The maximum atomic E-state index is 12.4. The molecule has 0 aromatic heterocycles. The summed E-state index contributed by atoms with van der Waals surface area (Å²) in [5.74, 6) is 1.80. The van der Waals surface area contributed by atoms with Crippen LogP contribution >= 0.6 is 0 Å². The zero-order valence-electron chi connectivity index (χ0n) is 12.2. The first-order valence-electron chi connectivity index (χ1n) is 7.58. The summed E-state index contributed by atoms with van der Waals surface area (Å²) in [4.78, 5) is 11.6. The second kappa shape index (κ2) is 5.54. The van der Waals surface area contributed by atoms with Crippen LogP contribution in [0, 0.1) is 17.8 Å². The second-order valence-electron chi connectivity index (χ2n) is 6.27. The second-order valence-corrected chi connectivity index (χ2v) is 8.04. The third-order valence-electron chi connectivity index (χ3n) is 4.51. The van der Waals surface area contributed by atoms with Gasteiger partial charge >= 0.3 is 0 Å². The summed E-state index contributed by atoms with van der Waals surface area (Å²) < 4.78 is 27.5. The van der Waals surface area contributed by atoms with Crippen LogP contribution in [0.25, 0.3) is 0 Å². The molecule has 0 spiro atoms. The molecule has 5 heteroatoms. The van der Waals surface area contributed by atoms with Crippen molar-refractivity contribution in [2.24, 2.45) is 17.8 Å². The number of carbonyl (C=O) groups is 1. The van der Waals surface area contributed by atoms with E-state index in [9.17, 15) is 13.2 Å². The lowest BCUT2D eigenvalue weighted by molar-refractivity contribution is 0.101. The topological polar surface area (TPSA) is 63.2 Å². The molecule has 0 unspecified atom stereocenters. The minimum atomic E-state index is -3.53. The molecule has 0 amide bonds. The van der Waals surface area contributed by atoms with Crippen molar-refractivity contribution >= 4 is 15.8 Å². The molecular formula is C16H21NO3S. The number of carbonyl (C=O) groups excluding carboxylic acids is 1. The van der Waals surface area contributed by atoms with Gasteiger partial charge in [0.25, 0.3) is 0 Å². The highest BCUT2D eigenvalue weighted by molar-refractivity contribution is 7.89. The van der Waals surface area contributed by atoms with E-state index in [1.165, 1.54) is 44.7 Å². The third-order valence-corrected chi connectivity index (χ3v) is 5.94. The molecule has 2 aliphatic rings. The van der Waals surface area contributed by atoms with Crippen LogP contribution in [0.15, 0.2) is 29.2 Å². The zero-order valence-corrected chi connectivity index (χ0v) is 13.0. The molecule has 0 aliphatic heterocycles. The van der Waals surface area contributed by atoms with Crippen molar-refractivity contribution in [1.29, 1.82) is 0 Å². The number of nitrogens with one attached hydrogen (secondary N) is 1. The van der Waals surface area contributed by atoms with Gasteiger partial charge in [-0.25, -0.2) is 13.1 Å². The Balaban J connectivity index is 1.71. The first-order chi connectivity index (χ1) is 9.97. The molecule has 114 valence electrons. The van der Waals surface area contributed by atoms with Crippen molar-refractivity contribution in [1.82, 2.24) is 4.72 Å². The molecule has 1 aromatic carbocycles. The first-order valence-corrected chi connectivity index (χ1v) is 9.06. The highest BCUT2D eigenvalue weighted by atomic mass is 32.2. The van der Waals surface area contributed by atoms with Crippen LogP contribution in [0.4, 0.5) is 0 Å². The Morgan fingerprint density at radius 3 is 2.38 bits per heavy atom. The van der Waals surface area contributed by atoms with Crippen molar-refractivity contribution in [2.45, 2.75) is 37.5 Å². The smallest absolute Gasteiger partial charge is 0.240 e. The minimum absolute atomic E-state index is 0.124. The number of ketones is 1. The van der Waals surface area contributed by atoms with E-state index in [4.69, 9.17) is 0 Å². The van der Waals surface area contributed by atoms with Gasteiger partial charge in [-0.1, -0.05) is 12.1 Å². The van der Waals surface area contributed by atoms with Crippen molar-refractivity contribution < 1.29 is 13.2 Å². The van der Waals surface area contributed by atoms with Crippen molar-refractivity contribution in [3.8, 4) is 0 Å². The Hall–Kier alpha value is -1.20. The van der Waals surface area contributed by atoms with E-state index in [0.717, 1.165) is 0 Å². The van der Waals surface area contributed by atoms with Crippen LogP contribution in [0.5, 0.6) is 0 Å². The normalized spacial score (nSPS) is 19.0. The van der Waals surface area contributed by atoms with E-state index < -0.39 is 10.0 Å². The van der Waals surface area contributed by atoms with Gasteiger partial charge in [-0.05, 0) is 62.5 Å². The highest BCUT2D eigenvalue weighted by Gasteiger charge is 2.41. The summed E-state index contributed by atoms with van der Waals surface area (Å²) in [6, 6.07) is 6.25. The summed E-state index contributed by atoms with van der Waals surface area (Å²) in [6.45, 7) is 1.97. The molecular weight excluding hydrogens is 286 g/mol. The van der Waals surface area contributed by atoms with Gasteiger partial charge in [0.05, 0.1) is 4.90 Å². The Morgan fingerprint density at radius 2 is 1.86 bits per heavy atom. The van der Waals surface area contributed by atoms with Crippen LogP contribution in [-0.2, 0) is 10.0 Å². The van der Waals surface area contributed by atoms with Crippen LogP contribution in [0.2, 0.25) is 0 Å². The lowest BCUT2D eigenvalue weighted by atomic mass is 9.99. The lowest BCUT2D eigenvalue weighted by Crippen LogP contribution is -2.31. The van der Waals surface area contributed by atoms with Gasteiger partial charge in [0, 0.05) is 12.1 Å². The lowest BCUT2D eigenvalue weighted by Gasteiger charge is -2.16. The average Bonchev–Trinajstić information content (AvgIpc) is 3.32. The van der Waals surface area contributed by atoms with Gasteiger partial charge in [0.1, 0.15) is 0 Å². The molecule has 21 heavy (non-hydrogen) atoms. The van der Waals surface area contributed by atoms with E-state index in [0.29, 0.717) is 29.9 Å². The highest BCUT2D eigenvalue weighted by Crippen LogP contribution is 2.48. The summed E-state index contributed by atoms with van der Waals surface area (Å²) in [5.41, 5.74) is 0.429. The molecule has 0 bridgehead atoms. The number of benzene rings is 1. The zero-order chi connectivity index (χ0) is 15.0. The Labute approximate surface area is 126 Å². The quantitative estimate of drug-likeness (QED) is 0.788. The number of hydrogen-bond acceptors (Lipinski definition) is 3. The maximum Gasteiger partial charge on any atom is 0.240 e. The number of Topliss-reactive ketones (excluding diaryl/α,β-unsaturated/α-hetero) is 1. The summed E-state index contributed by atoms with van der Waals surface area (Å²) in [6.07, 6.45) is 4.96. The number of sulfonamides is 1. The Morgan fingerprint density at radius 1 is 1.24 bits per heavy atom. The molecule has 0 heterocycles. The Kier molecular flexibility index (Phi) is 3.88. The minimum Gasteiger partial charge on any atom is -0.295 e.